The Morgan fingerprint density at radius 1 is 1.19 bits per heavy atom. The second-order valence-corrected chi connectivity index (χ2v) is 8.38. The topological polar surface area (TPSA) is 88.5 Å². The molecule has 0 N–H and O–H groups in total. The van der Waals surface area contributed by atoms with Gasteiger partial charge >= 0.3 is 11.9 Å². The van der Waals surface area contributed by atoms with Crippen molar-refractivity contribution in [2.24, 2.45) is 0 Å². The highest BCUT2D eigenvalue weighted by Crippen LogP contribution is 2.32. The van der Waals surface area contributed by atoms with Crippen LogP contribution in [0.3, 0.4) is 0 Å². The van der Waals surface area contributed by atoms with Gasteiger partial charge in [-0.3, -0.25) is 0 Å². The molecule has 0 spiro atoms. The number of nitrogens with zero attached hydrogens (tertiary/aromatic N) is 4. The number of aromatic nitrogens is 2. The summed E-state index contributed by atoms with van der Waals surface area (Å²) in [7, 11) is 1.54. The fourth-order valence-electron chi connectivity index (χ4n) is 3.71. The quantitative estimate of drug-likeness (QED) is 0.550. The van der Waals surface area contributed by atoms with Gasteiger partial charge in [0, 0.05) is 11.6 Å². The second kappa shape index (κ2) is 8.08. The van der Waals surface area contributed by atoms with E-state index in [0.29, 0.717) is 23.0 Å². The van der Waals surface area contributed by atoms with Crippen LogP contribution in [0, 0.1) is 6.92 Å². The minimum atomic E-state index is -0.516. The van der Waals surface area contributed by atoms with Crippen LogP contribution in [0.1, 0.15) is 11.5 Å². The summed E-state index contributed by atoms with van der Waals surface area (Å²) in [5.74, 6) is 0.995. The fourth-order valence-corrected chi connectivity index (χ4v) is 4.65. The third kappa shape index (κ3) is 3.50. The molecule has 2 aromatic carbocycles. The molecule has 0 saturated heterocycles. The zero-order valence-corrected chi connectivity index (χ0v) is 18.2. The van der Waals surface area contributed by atoms with E-state index in [0.717, 1.165) is 11.1 Å². The smallest absolute Gasteiger partial charge is 0.497 e. The van der Waals surface area contributed by atoms with Crippen LogP contribution in [-0.2, 0) is 11.3 Å². The number of carbonyl (C=O) groups is 2. The molecule has 1 unspecified atom stereocenters. The van der Waals surface area contributed by atoms with Crippen LogP contribution < -0.4 is 9.64 Å². The number of benzene rings is 2. The number of fused-ring (bicyclic) bond motifs is 1. The molecule has 3 amide bonds. The Labute approximate surface area is 188 Å². The Morgan fingerprint density at radius 3 is 2.84 bits per heavy atom. The predicted octanol–water partition coefficient (Wildman–Crippen LogP) is 3.80. The van der Waals surface area contributed by atoms with E-state index >= 15 is 0 Å². The summed E-state index contributed by atoms with van der Waals surface area (Å²) in [6, 6.07) is 14.2. The maximum Gasteiger partial charge on any atom is 0.506 e. The van der Waals surface area contributed by atoms with Crippen molar-refractivity contribution in [3.05, 3.63) is 71.5 Å². The zero-order chi connectivity index (χ0) is 22.2. The highest BCUT2D eigenvalue weighted by atomic mass is 32.2. The Balaban J connectivity index is 1.50. The fraction of sp³-hybridized carbons (Fsp3) is 0.174. The van der Waals surface area contributed by atoms with Gasteiger partial charge < -0.3 is 9.26 Å². The highest BCUT2D eigenvalue weighted by molar-refractivity contribution is 8.04. The van der Waals surface area contributed by atoms with E-state index in [9.17, 15) is 9.59 Å². The molecule has 9 heteroatoms. The summed E-state index contributed by atoms with van der Waals surface area (Å²) in [4.78, 5) is 32.2. The number of imide groups is 1. The van der Waals surface area contributed by atoms with Gasteiger partial charge in [0.15, 0.2) is 11.8 Å². The van der Waals surface area contributed by atoms with Gasteiger partial charge in [0.25, 0.3) is 5.89 Å². The molecular formula is C23H19N4O4S+. The zero-order valence-electron chi connectivity index (χ0n) is 17.4. The molecule has 1 atom stereocenters. The molecule has 3 heterocycles. The Kier molecular flexibility index (Phi) is 5.10. The van der Waals surface area contributed by atoms with Crippen LogP contribution in [0.4, 0.5) is 10.5 Å². The molecular weight excluding hydrogens is 428 g/mol. The highest BCUT2D eigenvalue weighted by Gasteiger charge is 2.50. The van der Waals surface area contributed by atoms with Gasteiger partial charge in [0.2, 0.25) is 5.82 Å². The van der Waals surface area contributed by atoms with Crippen molar-refractivity contribution in [1.29, 1.82) is 0 Å². The van der Waals surface area contributed by atoms with Gasteiger partial charge in [-0.15, -0.1) is 16.7 Å². The van der Waals surface area contributed by atoms with Crippen LogP contribution in [0.25, 0.3) is 11.4 Å². The average Bonchev–Trinajstić information content (AvgIpc) is 3.47. The number of carbonyl (C=O) groups excluding carboxylic acids is 2. The van der Waals surface area contributed by atoms with Crippen molar-refractivity contribution < 1.29 is 23.4 Å². The van der Waals surface area contributed by atoms with Crippen LogP contribution >= 0.6 is 11.8 Å². The monoisotopic (exact) mass is 447 g/mol. The van der Waals surface area contributed by atoms with Gasteiger partial charge in [-0.05, 0) is 36.6 Å². The molecule has 5 rings (SSSR count). The van der Waals surface area contributed by atoms with Gasteiger partial charge in [-0.2, -0.15) is 14.4 Å². The summed E-state index contributed by atoms with van der Waals surface area (Å²) < 4.78 is 12.2. The molecule has 0 radical (unpaired) electrons. The van der Waals surface area contributed by atoms with E-state index in [1.54, 1.807) is 30.3 Å². The molecule has 0 aliphatic carbocycles. The van der Waals surface area contributed by atoms with Crippen molar-refractivity contribution in [3.63, 3.8) is 0 Å². The number of anilines is 1. The summed E-state index contributed by atoms with van der Waals surface area (Å²) in [6.07, 6.45) is 1.78. The van der Waals surface area contributed by atoms with Crippen molar-refractivity contribution in [2.75, 3.05) is 12.0 Å². The maximum atomic E-state index is 13.4. The number of aryl methyl sites for hydroxylation is 1. The van der Waals surface area contributed by atoms with Gasteiger partial charge in [0.05, 0.1) is 7.11 Å². The van der Waals surface area contributed by atoms with Crippen LogP contribution in [0.15, 0.2) is 64.5 Å². The molecule has 2 aliphatic rings. The van der Waals surface area contributed by atoms with Gasteiger partial charge in [-0.1, -0.05) is 35.0 Å². The SMILES string of the molecule is COc1cccc(N2C(=O)C3SC=CC3=[N+](Cc3nc(-c4cccc(C)c4)no3)C2=O)c1. The first-order valence-corrected chi connectivity index (χ1v) is 10.9. The number of methoxy groups -OCH3 is 1. The molecule has 1 aromatic heterocycles. The normalized spacial score (nSPS) is 17.8. The van der Waals surface area contributed by atoms with E-state index in [1.807, 2.05) is 36.6 Å². The van der Waals surface area contributed by atoms with Crippen LogP contribution in [0.5, 0.6) is 5.75 Å². The summed E-state index contributed by atoms with van der Waals surface area (Å²) in [5, 5.41) is 5.37. The van der Waals surface area contributed by atoms with Gasteiger partial charge in [-0.25, -0.2) is 4.79 Å². The number of thioether (sulfide) groups is 1. The standard InChI is InChI=1S/C23H19N4O4S/c1-14-5-3-6-15(11-14)21-24-19(31-25-21)13-26-18-9-10-32-20(18)22(28)27(23(26)29)16-7-4-8-17(12-16)30-2/h3-12,20H,13H2,1-2H3/q+1. The van der Waals surface area contributed by atoms with Crippen molar-refractivity contribution in [2.45, 2.75) is 18.7 Å². The molecule has 2 aliphatic heterocycles. The predicted molar refractivity (Wildman–Crippen MR) is 120 cm³/mol. The number of rotatable bonds is 5. The Morgan fingerprint density at radius 2 is 2.03 bits per heavy atom. The number of amides is 3. The number of ether oxygens (including phenoxy) is 1. The van der Waals surface area contributed by atoms with Crippen molar-refractivity contribution in [3.8, 4) is 17.1 Å². The summed E-state index contributed by atoms with van der Waals surface area (Å²) in [5.41, 5.74) is 2.97. The average molecular weight is 447 g/mol. The Hall–Kier alpha value is -3.72. The number of hydrogen-bond acceptors (Lipinski definition) is 7. The third-order valence-electron chi connectivity index (χ3n) is 5.25. The molecule has 0 fully saturated rings. The number of hydrogen-bond donors (Lipinski definition) is 0. The largest absolute Gasteiger partial charge is 0.506 e. The van der Waals surface area contributed by atoms with Crippen LogP contribution in [-0.4, -0.2) is 44.7 Å². The van der Waals surface area contributed by atoms with E-state index in [2.05, 4.69) is 10.1 Å². The maximum absolute atomic E-state index is 13.4. The number of allylic oxidation sites excluding steroid dienone is 1. The minimum Gasteiger partial charge on any atom is -0.497 e. The van der Waals surface area contributed by atoms with E-state index in [-0.39, 0.29) is 18.3 Å². The minimum absolute atomic E-state index is 0.0577. The molecule has 8 nitrogen and oxygen atoms in total. The van der Waals surface area contributed by atoms with Crippen molar-refractivity contribution >= 4 is 35.1 Å². The summed E-state index contributed by atoms with van der Waals surface area (Å²) in [6.45, 7) is 2.05. The first-order chi connectivity index (χ1) is 15.5. The lowest BCUT2D eigenvalue weighted by atomic mass is 10.1. The van der Waals surface area contributed by atoms with E-state index in [1.165, 1.54) is 28.3 Å². The van der Waals surface area contributed by atoms with Crippen molar-refractivity contribution in [1.82, 2.24) is 10.1 Å². The first kappa shape index (κ1) is 20.2. The molecule has 3 aromatic rings. The molecule has 0 bridgehead atoms. The third-order valence-corrected chi connectivity index (χ3v) is 6.26. The molecule has 0 saturated carbocycles. The summed E-state index contributed by atoms with van der Waals surface area (Å²) >= 11 is 1.36. The van der Waals surface area contributed by atoms with Gasteiger partial charge in [0.1, 0.15) is 17.1 Å². The lowest BCUT2D eigenvalue weighted by Gasteiger charge is -2.23. The first-order valence-electron chi connectivity index (χ1n) is 9.93. The van der Waals surface area contributed by atoms with Crippen LogP contribution in [0.2, 0.25) is 0 Å². The lowest BCUT2D eigenvalue weighted by molar-refractivity contribution is -0.448. The molecule has 32 heavy (non-hydrogen) atoms. The molecule has 160 valence electrons. The Bertz CT molecular complexity index is 1300. The lowest BCUT2D eigenvalue weighted by Crippen LogP contribution is -2.55. The number of urea groups is 1. The van der Waals surface area contributed by atoms with E-state index in [4.69, 9.17) is 9.26 Å². The van der Waals surface area contributed by atoms with E-state index < -0.39 is 11.3 Å². The second-order valence-electron chi connectivity index (χ2n) is 7.37.